The molecule has 1 aliphatic carbocycles. The summed E-state index contributed by atoms with van der Waals surface area (Å²) < 4.78 is 3.18. The van der Waals surface area contributed by atoms with Crippen molar-refractivity contribution in [2.75, 3.05) is 5.32 Å². The normalized spacial score (nSPS) is 14.5. The summed E-state index contributed by atoms with van der Waals surface area (Å²) in [5.74, 6) is -1.09. The first kappa shape index (κ1) is 20.5. The molecule has 156 valence electrons. The lowest BCUT2D eigenvalue weighted by Gasteiger charge is -2.22. The third kappa shape index (κ3) is 3.82. The molecule has 0 radical (unpaired) electrons. The number of hydrogen-bond donors (Lipinski definition) is 2. The van der Waals surface area contributed by atoms with Crippen molar-refractivity contribution < 1.29 is 9.90 Å². The fraction of sp³-hybridized carbons (Fsp3) is 0.286. The molecule has 1 atom stereocenters. The van der Waals surface area contributed by atoms with Gasteiger partial charge in [0.1, 0.15) is 5.02 Å². The number of rotatable bonds is 6. The molecule has 1 fully saturated rings. The molecule has 0 amide bonds. The molecule has 9 heteroatoms. The van der Waals surface area contributed by atoms with Gasteiger partial charge in [-0.2, -0.15) is 5.10 Å². The molecule has 30 heavy (non-hydrogen) atoms. The number of carbonyl (C=O) groups is 1. The Bertz CT molecular complexity index is 1150. The van der Waals surface area contributed by atoms with Gasteiger partial charge in [0.05, 0.1) is 17.8 Å². The summed E-state index contributed by atoms with van der Waals surface area (Å²) in [6.07, 6.45) is 3.59. The molecule has 0 saturated heterocycles. The zero-order chi connectivity index (χ0) is 21.6. The summed E-state index contributed by atoms with van der Waals surface area (Å²) in [6, 6.07) is 8.41. The second-order valence-electron chi connectivity index (χ2n) is 7.45. The van der Waals surface area contributed by atoms with Crippen LogP contribution in [0.5, 0.6) is 0 Å². The average molecular weight is 447 g/mol. The van der Waals surface area contributed by atoms with Gasteiger partial charge in [0.15, 0.2) is 5.69 Å². The van der Waals surface area contributed by atoms with Crippen LogP contribution in [0.3, 0.4) is 0 Å². The number of aromatic nitrogens is 3. The van der Waals surface area contributed by atoms with Crippen molar-refractivity contribution in [2.45, 2.75) is 31.8 Å². The molecule has 0 spiro atoms. The molecule has 2 heterocycles. The molecular formula is C21H20Cl2N4O3. The van der Waals surface area contributed by atoms with E-state index in [9.17, 15) is 14.7 Å². The van der Waals surface area contributed by atoms with Gasteiger partial charge < -0.3 is 15.0 Å². The highest BCUT2D eigenvalue weighted by Crippen LogP contribution is 2.39. The van der Waals surface area contributed by atoms with Gasteiger partial charge in [0.2, 0.25) is 0 Å². The molecule has 7 nitrogen and oxygen atoms in total. The number of hydrogen-bond acceptors (Lipinski definition) is 4. The Balaban J connectivity index is 1.87. The lowest BCUT2D eigenvalue weighted by molar-refractivity contribution is 0.0688. The van der Waals surface area contributed by atoms with Crippen molar-refractivity contribution in [3.05, 3.63) is 79.4 Å². The van der Waals surface area contributed by atoms with Gasteiger partial charge in [0.25, 0.3) is 5.56 Å². The molecule has 2 N–H and O–H groups in total. The number of aryl methyl sites for hydroxylation is 1. The Morgan fingerprint density at radius 1 is 1.27 bits per heavy atom. The van der Waals surface area contributed by atoms with Crippen LogP contribution in [0.15, 0.2) is 41.3 Å². The number of pyridine rings is 1. The third-order valence-corrected chi connectivity index (χ3v) is 5.76. The highest BCUT2D eigenvalue weighted by atomic mass is 35.5. The van der Waals surface area contributed by atoms with Gasteiger partial charge in [-0.1, -0.05) is 35.3 Å². The molecule has 1 unspecified atom stereocenters. The van der Waals surface area contributed by atoms with E-state index in [0.29, 0.717) is 16.3 Å². The smallest absolute Gasteiger partial charge is 0.356 e. The monoisotopic (exact) mass is 446 g/mol. The topological polar surface area (TPSA) is 89.2 Å². The van der Waals surface area contributed by atoms with Crippen LogP contribution in [0.25, 0.3) is 0 Å². The minimum Gasteiger partial charge on any atom is -0.476 e. The van der Waals surface area contributed by atoms with E-state index in [1.807, 2.05) is 19.1 Å². The number of nitrogens with one attached hydrogen (secondary N) is 1. The Labute approximate surface area is 182 Å². The first-order valence-corrected chi connectivity index (χ1v) is 10.2. The summed E-state index contributed by atoms with van der Waals surface area (Å²) in [5.41, 5.74) is 2.44. The molecule has 0 bridgehead atoms. The van der Waals surface area contributed by atoms with E-state index in [0.717, 1.165) is 24.1 Å². The number of aromatic carboxylic acids is 1. The molecule has 0 aliphatic heterocycles. The lowest BCUT2D eigenvalue weighted by atomic mass is 9.96. The molecule has 3 aromatic rings. The number of carboxylic acid groups (broad SMARTS) is 1. The maximum absolute atomic E-state index is 12.0. The minimum atomic E-state index is -1.09. The van der Waals surface area contributed by atoms with Crippen LogP contribution in [0.1, 0.15) is 52.2 Å². The Kier molecular flexibility index (Phi) is 5.34. The SMILES string of the molecule is Cc1c(C(Nc2cc(Cl)c(=O)n(C)c2)c2ccc(Cl)cc2)c(C(=O)O)nn1C1CC1. The van der Waals surface area contributed by atoms with Gasteiger partial charge in [-0.25, -0.2) is 4.79 Å². The molecule has 1 aromatic carbocycles. The maximum Gasteiger partial charge on any atom is 0.356 e. The molecular weight excluding hydrogens is 427 g/mol. The van der Waals surface area contributed by atoms with E-state index in [2.05, 4.69) is 10.4 Å². The van der Waals surface area contributed by atoms with Crippen molar-refractivity contribution in [3.63, 3.8) is 0 Å². The van der Waals surface area contributed by atoms with Crippen LogP contribution < -0.4 is 10.9 Å². The van der Waals surface area contributed by atoms with Crippen LogP contribution in [-0.4, -0.2) is 25.4 Å². The minimum absolute atomic E-state index is 0.00256. The number of benzene rings is 1. The second-order valence-corrected chi connectivity index (χ2v) is 8.29. The van der Waals surface area contributed by atoms with E-state index < -0.39 is 12.0 Å². The molecule has 1 saturated carbocycles. The Morgan fingerprint density at radius 2 is 1.93 bits per heavy atom. The standard InChI is InChI=1S/C21H20Cl2N4O3/c1-11-17(19(21(29)30)25-27(11)15-7-8-15)18(12-3-5-13(22)6-4-12)24-14-9-16(23)20(28)26(2)10-14/h3-6,9-10,15,18,24H,7-8H2,1-2H3,(H,29,30). The van der Waals surface area contributed by atoms with Crippen LogP contribution in [0, 0.1) is 6.92 Å². The van der Waals surface area contributed by atoms with Crippen LogP contribution in [0.4, 0.5) is 5.69 Å². The summed E-state index contributed by atoms with van der Waals surface area (Å²) >= 11 is 12.1. The van der Waals surface area contributed by atoms with E-state index in [4.69, 9.17) is 23.2 Å². The maximum atomic E-state index is 12.0. The fourth-order valence-corrected chi connectivity index (χ4v) is 3.98. The van der Waals surface area contributed by atoms with Gasteiger partial charge in [-0.3, -0.25) is 9.48 Å². The zero-order valence-corrected chi connectivity index (χ0v) is 17.9. The van der Waals surface area contributed by atoms with Gasteiger partial charge in [-0.05, 0) is 43.5 Å². The van der Waals surface area contributed by atoms with Crippen molar-refractivity contribution in [2.24, 2.45) is 7.05 Å². The lowest BCUT2D eigenvalue weighted by Crippen LogP contribution is -2.20. The summed E-state index contributed by atoms with van der Waals surface area (Å²) in [6.45, 7) is 1.88. The van der Waals surface area contributed by atoms with E-state index >= 15 is 0 Å². The largest absolute Gasteiger partial charge is 0.476 e. The van der Waals surface area contributed by atoms with E-state index in [-0.39, 0.29) is 22.3 Å². The summed E-state index contributed by atoms with van der Waals surface area (Å²) in [4.78, 5) is 24.0. The van der Waals surface area contributed by atoms with Crippen molar-refractivity contribution in [3.8, 4) is 0 Å². The number of carboxylic acids is 1. The Morgan fingerprint density at radius 3 is 2.50 bits per heavy atom. The van der Waals surface area contributed by atoms with Crippen molar-refractivity contribution in [1.82, 2.24) is 14.3 Å². The van der Waals surface area contributed by atoms with E-state index in [1.54, 1.807) is 30.1 Å². The molecule has 2 aromatic heterocycles. The highest BCUT2D eigenvalue weighted by molar-refractivity contribution is 6.30. The second kappa shape index (κ2) is 7.81. The van der Waals surface area contributed by atoms with Crippen molar-refractivity contribution >= 4 is 34.9 Å². The zero-order valence-electron chi connectivity index (χ0n) is 16.4. The molecule has 4 rings (SSSR count). The highest BCUT2D eigenvalue weighted by Gasteiger charge is 2.33. The van der Waals surface area contributed by atoms with Crippen molar-refractivity contribution in [1.29, 1.82) is 0 Å². The summed E-state index contributed by atoms with van der Waals surface area (Å²) in [5, 5.41) is 18.2. The first-order valence-electron chi connectivity index (χ1n) is 9.46. The predicted octanol–water partition coefficient (Wildman–Crippen LogP) is 4.43. The van der Waals surface area contributed by atoms with Crippen LogP contribution in [-0.2, 0) is 7.05 Å². The van der Waals surface area contributed by atoms with Gasteiger partial charge >= 0.3 is 5.97 Å². The number of halogens is 2. The van der Waals surface area contributed by atoms with E-state index in [1.165, 1.54) is 10.6 Å². The molecule has 1 aliphatic rings. The summed E-state index contributed by atoms with van der Waals surface area (Å²) in [7, 11) is 1.61. The Hall–Kier alpha value is -2.77. The average Bonchev–Trinajstić information content (AvgIpc) is 3.48. The first-order chi connectivity index (χ1) is 14.3. The number of nitrogens with zero attached hydrogens (tertiary/aromatic N) is 3. The van der Waals surface area contributed by atoms with Crippen LogP contribution >= 0.6 is 23.2 Å². The third-order valence-electron chi connectivity index (χ3n) is 5.23. The van der Waals surface area contributed by atoms with Crippen LogP contribution in [0.2, 0.25) is 10.0 Å². The predicted molar refractivity (Wildman–Crippen MR) is 116 cm³/mol. The van der Waals surface area contributed by atoms with Gasteiger partial charge in [-0.15, -0.1) is 0 Å². The fourth-order valence-electron chi connectivity index (χ4n) is 3.60. The quantitative estimate of drug-likeness (QED) is 0.584. The number of anilines is 1. The van der Waals surface area contributed by atoms with Gasteiger partial charge in [0, 0.05) is 29.5 Å².